The smallest absolute Gasteiger partial charge is 0.226 e. The summed E-state index contributed by atoms with van der Waals surface area (Å²) in [7, 11) is 3.34. The van der Waals surface area contributed by atoms with Gasteiger partial charge in [0, 0.05) is 7.05 Å². The Labute approximate surface area is 135 Å². The molecule has 122 valence electrons. The average molecular weight is 317 g/mol. The molecule has 4 nitrogen and oxygen atoms in total. The molecule has 0 aliphatic heterocycles. The average Bonchev–Trinajstić information content (AvgIpc) is 2.57. The number of carbonyl (C=O) groups is 1. The first-order valence-electron chi connectivity index (χ1n) is 7.34. The number of benzene rings is 2. The van der Waals surface area contributed by atoms with Crippen molar-refractivity contribution in [1.29, 1.82) is 0 Å². The van der Waals surface area contributed by atoms with Crippen LogP contribution in [-0.2, 0) is 11.2 Å². The number of methoxy groups -OCH3 is 1. The van der Waals surface area contributed by atoms with Gasteiger partial charge in [0.15, 0.2) is 0 Å². The fourth-order valence-corrected chi connectivity index (χ4v) is 2.01. The number of ether oxygens (including phenoxy) is 2. The molecule has 0 unspecified atom stereocenters. The maximum Gasteiger partial charge on any atom is 0.226 e. The molecule has 23 heavy (non-hydrogen) atoms. The molecule has 2 rings (SSSR count). The lowest BCUT2D eigenvalue weighted by molar-refractivity contribution is -0.129. The van der Waals surface area contributed by atoms with Gasteiger partial charge in [-0.25, -0.2) is 4.39 Å². The highest BCUT2D eigenvalue weighted by atomic mass is 19.1. The first-order chi connectivity index (χ1) is 11.1. The summed E-state index contributed by atoms with van der Waals surface area (Å²) in [6, 6.07) is 13.2. The lowest BCUT2D eigenvalue weighted by Gasteiger charge is -2.17. The molecule has 0 aliphatic carbocycles. The zero-order chi connectivity index (χ0) is 16.7. The highest BCUT2D eigenvalue weighted by molar-refractivity contribution is 5.78. The monoisotopic (exact) mass is 317 g/mol. The van der Waals surface area contributed by atoms with Gasteiger partial charge in [-0.3, -0.25) is 4.79 Å². The first kappa shape index (κ1) is 16.8. The normalized spacial score (nSPS) is 10.2. The second kappa shape index (κ2) is 8.17. The van der Waals surface area contributed by atoms with Crippen LogP contribution in [0.15, 0.2) is 48.5 Å². The van der Waals surface area contributed by atoms with Crippen LogP contribution in [0.4, 0.5) is 4.39 Å². The van der Waals surface area contributed by atoms with Gasteiger partial charge in [0.1, 0.15) is 23.9 Å². The molecule has 0 spiro atoms. The van der Waals surface area contributed by atoms with Gasteiger partial charge in [0.25, 0.3) is 0 Å². The highest BCUT2D eigenvalue weighted by Gasteiger charge is 2.10. The Hall–Kier alpha value is -2.56. The summed E-state index contributed by atoms with van der Waals surface area (Å²) >= 11 is 0. The predicted molar refractivity (Wildman–Crippen MR) is 86.2 cm³/mol. The van der Waals surface area contributed by atoms with E-state index < -0.39 is 0 Å². The van der Waals surface area contributed by atoms with E-state index in [4.69, 9.17) is 9.47 Å². The Bertz CT molecular complexity index is 626. The topological polar surface area (TPSA) is 38.8 Å². The molecular formula is C18H20FNO3. The van der Waals surface area contributed by atoms with Crippen LogP contribution in [-0.4, -0.2) is 38.1 Å². The number of hydrogen-bond acceptors (Lipinski definition) is 3. The predicted octanol–water partition coefficient (Wildman–Crippen LogP) is 2.91. The summed E-state index contributed by atoms with van der Waals surface area (Å²) in [5.41, 5.74) is 0.933. The molecule has 0 radical (unpaired) electrons. The van der Waals surface area contributed by atoms with E-state index in [9.17, 15) is 9.18 Å². The molecule has 0 bridgehead atoms. The maximum absolute atomic E-state index is 12.8. The van der Waals surface area contributed by atoms with E-state index in [0.717, 1.165) is 11.3 Å². The molecule has 0 aromatic heterocycles. The van der Waals surface area contributed by atoms with Gasteiger partial charge in [-0.1, -0.05) is 12.1 Å². The van der Waals surface area contributed by atoms with E-state index in [1.807, 2.05) is 24.3 Å². The number of likely N-dealkylation sites (N-methyl/N-ethyl adjacent to an activating group) is 1. The number of nitrogens with zero attached hydrogens (tertiary/aromatic N) is 1. The summed E-state index contributed by atoms with van der Waals surface area (Å²) in [5, 5.41) is 0. The molecule has 0 fully saturated rings. The highest BCUT2D eigenvalue weighted by Crippen LogP contribution is 2.13. The summed E-state index contributed by atoms with van der Waals surface area (Å²) in [6.07, 6.45) is 0.330. The van der Waals surface area contributed by atoms with Crippen molar-refractivity contribution in [2.24, 2.45) is 0 Å². The van der Waals surface area contributed by atoms with E-state index in [-0.39, 0.29) is 11.7 Å². The van der Waals surface area contributed by atoms with Crippen LogP contribution >= 0.6 is 0 Å². The third-order valence-corrected chi connectivity index (χ3v) is 3.45. The summed E-state index contributed by atoms with van der Waals surface area (Å²) in [5.74, 6) is 1.06. The fourth-order valence-electron chi connectivity index (χ4n) is 2.01. The number of halogens is 1. The quantitative estimate of drug-likeness (QED) is 0.788. The minimum absolute atomic E-state index is 0.0119. The van der Waals surface area contributed by atoms with Gasteiger partial charge < -0.3 is 14.4 Å². The lowest BCUT2D eigenvalue weighted by Crippen LogP contribution is -2.32. The zero-order valence-electron chi connectivity index (χ0n) is 13.3. The van der Waals surface area contributed by atoms with Crippen LogP contribution < -0.4 is 9.47 Å². The summed E-state index contributed by atoms with van der Waals surface area (Å²) in [6.45, 7) is 0.822. The molecule has 0 N–H and O–H groups in total. The van der Waals surface area contributed by atoms with Crippen molar-refractivity contribution in [2.45, 2.75) is 6.42 Å². The third-order valence-electron chi connectivity index (χ3n) is 3.45. The van der Waals surface area contributed by atoms with E-state index in [1.54, 1.807) is 31.2 Å². The molecular weight excluding hydrogens is 297 g/mol. The van der Waals surface area contributed by atoms with Crippen LogP contribution in [0.25, 0.3) is 0 Å². The molecule has 2 aromatic rings. The van der Waals surface area contributed by atoms with Gasteiger partial charge in [0.05, 0.1) is 20.1 Å². The van der Waals surface area contributed by atoms with Gasteiger partial charge >= 0.3 is 0 Å². The Balaban J connectivity index is 1.76. The van der Waals surface area contributed by atoms with Crippen LogP contribution in [0.1, 0.15) is 5.56 Å². The summed E-state index contributed by atoms with van der Waals surface area (Å²) in [4.78, 5) is 13.8. The van der Waals surface area contributed by atoms with Crippen molar-refractivity contribution in [3.05, 3.63) is 59.9 Å². The van der Waals surface area contributed by atoms with Crippen molar-refractivity contribution >= 4 is 5.91 Å². The van der Waals surface area contributed by atoms with Gasteiger partial charge in [-0.2, -0.15) is 0 Å². The SMILES string of the molecule is COc1ccc(CC(=O)N(C)CCOc2ccc(F)cc2)cc1. The van der Waals surface area contributed by atoms with Crippen LogP contribution in [0.2, 0.25) is 0 Å². The number of hydrogen-bond donors (Lipinski definition) is 0. The van der Waals surface area contributed by atoms with E-state index in [2.05, 4.69) is 0 Å². The lowest BCUT2D eigenvalue weighted by atomic mass is 10.1. The van der Waals surface area contributed by atoms with E-state index in [1.165, 1.54) is 12.1 Å². The molecule has 0 atom stereocenters. The van der Waals surface area contributed by atoms with Crippen LogP contribution in [0.5, 0.6) is 11.5 Å². The van der Waals surface area contributed by atoms with Crippen molar-refractivity contribution in [3.8, 4) is 11.5 Å². The van der Waals surface area contributed by atoms with E-state index in [0.29, 0.717) is 25.3 Å². The largest absolute Gasteiger partial charge is 0.497 e. The van der Waals surface area contributed by atoms with Gasteiger partial charge in [-0.05, 0) is 42.0 Å². The Morgan fingerprint density at radius 1 is 1.04 bits per heavy atom. The van der Waals surface area contributed by atoms with Crippen molar-refractivity contribution in [2.75, 3.05) is 27.3 Å². The molecule has 0 heterocycles. The van der Waals surface area contributed by atoms with E-state index >= 15 is 0 Å². The number of rotatable bonds is 7. The first-order valence-corrected chi connectivity index (χ1v) is 7.34. The van der Waals surface area contributed by atoms with Crippen molar-refractivity contribution in [3.63, 3.8) is 0 Å². The molecule has 0 aliphatic rings. The Morgan fingerprint density at radius 3 is 2.26 bits per heavy atom. The molecule has 5 heteroatoms. The van der Waals surface area contributed by atoms with Crippen molar-refractivity contribution < 1.29 is 18.7 Å². The van der Waals surface area contributed by atoms with Crippen LogP contribution in [0, 0.1) is 5.82 Å². The van der Waals surface area contributed by atoms with Crippen molar-refractivity contribution in [1.82, 2.24) is 4.90 Å². The maximum atomic E-state index is 12.8. The van der Waals surface area contributed by atoms with Crippen LogP contribution in [0.3, 0.4) is 0 Å². The Kier molecular flexibility index (Phi) is 5.97. The third kappa shape index (κ3) is 5.29. The molecule has 0 saturated heterocycles. The zero-order valence-corrected chi connectivity index (χ0v) is 13.3. The molecule has 0 saturated carbocycles. The second-order valence-corrected chi connectivity index (χ2v) is 5.14. The van der Waals surface area contributed by atoms with Gasteiger partial charge in [0.2, 0.25) is 5.91 Å². The minimum atomic E-state index is -0.302. The Morgan fingerprint density at radius 2 is 1.65 bits per heavy atom. The fraction of sp³-hybridized carbons (Fsp3) is 0.278. The molecule has 1 amide bonds. The molecule has 2 aromatic carbocycles. The minimum Gasteiger partial charge on any atom is -0.497 e. The number of amides is 1. The summed E-state index contributed by atoms with van der Waals surface area (Å²) < 4.78 is 23.4. The van der Waals surface area contributed by atoms with Gasteiger partial charge in [-0.15, -0.1) is 0 Å². The number of carbonyl (C=O) groups excluding carboxylic acids is 1. The standard InChI is InChI=1S/C18H20FNO3/c1-20(11-12-23-17-9-5-15(19)6-10-17)18(21)13-14-3-7-16(22-2)8-4-14/h3-10H,11-13H2,1-2H3. The second-order valence-electron chi connectivity index (χ2n) is 5.14.